The molecule has 2 heterocycles. The molecule has 1 aliphatic rings. The van der Waals surface area contributed by atoms with Gasteiger partial charge in [-0.05, 0) is 54.6 Å². The van der Waals surface area contributed by atoms with Crippen LogP contribution in [0.5, 0.6) is 0 Å². The van der Waals surface area contributed by atoms with Gasteiger partial charge in [0.15, 0.2) is 0 Å². The van der Waals surface area contributed by atoms with Crippen LogP contribution in [0, 0.1) is 6.92 Å². The van der Waals surface area contributed by atoms with Crippen molar-refractivity contribution in [1.29, 1.82) is 0 Å². The number of hydrogen-bond donors (Lipinski definition) is 0. The van der Waals surface area contributed by atoms with Crippen molar-refractivity contribution in [2.24, 2.45) is 7.05 Å². The van der Waals surface area contributed by atoms with Crippen LogP contribution in [-0.2, 0) is 26.4 Å². The van der Waals surface area contributed by atoms with E-state index in [0.717, 1.165) is 35.5 Å². The standard InChI is InChI=1S/C16H21BrN4/c1-11-18-15-7-5-4-6-14(15)16(19-11)21(3)10-13-8-12(17)9-20(13)2/h8-9H,4-7,10H2,1-3H3. The molecule has 0 fully saturated rings. The Balaban J connectivity index is 1.92. The third kappa shape index (κ3) is 2.98. The molecule has 0 saturated carbocycles. The van der Waals surface area contributed by atoms with Crippen molar-refractivity contribution in [3.8, 4) is 0 Å². The molecule has 0 N–H and O–H groups in total. The number of hydrogen-bond acceptors (Lipinski definition) is 3. The highest BCUT2D eigenvalue weighted by molar-refractivity contribution is 9.10. The Hall–Kier alpha value is -1.36. The quantitative estimate of drug-likeness (QED) is 0.852. The second-order valence-corrected chi connectivity index (χ2v) is 6.76. The Kier molecular flexibility index (Phi) is 4.02. The van der Waals surface area contributed by atoms with Crippen LogP contribution < -0.4 is 4.90 Å². The van der Waals surface area contributed by atoms with Crippen LogP contribution in [0.25, 0.3) is 0 Å². The van der Waals surface area contributed by atoms with Gasteiger partial charge in [0.2, 0.25) is 0 Å². The summed E-state index contributed by atoms with van der Waals surface area (Å²) in [6, 6.07) is 2.16. The monoisotopic (exact) mass is 348 g/mol. The third-order valence-corrected chi connectivity index (χ3v) is 4.54. The largest absolute Gasteiger partial charge is 0.354 e. The molecule has 2 aromatic rings. The minimum atomic E-state index is 0.852. The average Bonchev–Trinajstić information content (AvgIpc) is 2.75. The third-order valence-electron chi connectivity index (χ3n) is 4.11. The van der Waals surface area contributed by atoms with Crippen molar-refractivity contribution < 1.29 is 0 Å². The van der Waals surface area contributed by atoms with E-state index in [-0.39, 0.29) is 0 Å². The average molecular weight is 349 g/mol. The Morgan fingerprint density at radius 1 is 1.29 bits per heavy atom. The van der Waals surface area contributed by atoms with Crippen molar-refractivity contribution in [3.63, 3.8) is 0 Å². The zero-order valence-electron chi connectivity index (χ0n) is 12.9. The summed E-state index contributed by atoms with van der Waals surface area (Å²) < 4.78 is 3.27. The van der Waals surface area contributed by atoms with Gasteiger partial charge in [0.1, 0.15) is 11.6 Å². The van der Waals surface area contributed by atoms with E-state index in [2.05, 4.69) is 56.7 Å². The zero-order chi connectivity index (χ0) is 15.0. The fraction of sp³-hybridized carbons (Fsp3) is 0.500. The molecule has 0 aliphatic heterocycles. The molecule has 0 spiro atoms. The molecule has 1 aliphatic carbocycles. The van der Waals surface area contributed by atoms with Gasteiger partial charge >= 0.3 is 0 Å². The number of anilines is 1. The lowest BCUT2D eigenvalue weighted by atomic mass is 9.96. The molecule has 112 valence electrons. The number of aromatic nitrogens is 3. The van der Waals surface area contributed by atoms with Crippen molar-refractivity contribution >= 4 is 21.7 Å². The van der Waals surface area contributed by atoms with E-state index in [0.29, 0.717) is 0 Å². The summed E-state index contributed by atoms with van der Waals surface area (Å²) in [6.07, 6.45) is 6.78. The topological polar surface area (TPSA) is 34.0 Å². The second-order valence-electron chi connectivity index (χ2n) is 5.84. The molecule has 0 bridgehead atoms. The van der Waals surface area contributed by atoms with E-state index >= 15 is 0 Å². The lowest BCUT2D eigenvalue weighted by Gasteiger charge is -2.25. The van der Waals surface area contributed by atoms with E-state index in [1.54, 1.807) is 0 Å². The van der Waals surface area contributed by atoms with E-state index in [4.69, 9.17) is 4.98 Å². The summed E-state index contributed by atoms with van der Waals surface area (Å²) in [6.45, 7) is 2.84. The van der Waals surface area contributed by atoms with Gasteiger partial charge in [0.25, 0.3) is 0 Å². The maximum Gasteiger partial charge on any atom is 0.135 e. The smallest absolute Gasteiger partial charge is 0.135 e. The van der Waals surface area contributed by atoms with Crippen LogP contribution in [0.3, 0.4) is 0 Å². The van der Waals surface area contributed by atoms with Crippen LogP contribution in [0.4, 0.5) is 5.82 Å². The Labute approximate surface area is 134 Å². The van der Waals surface area contributed by atoms with E-state index in [9.17, 15) is 0 Å². The highest BCUT2D eigenvalue weighted by atomic mass is 79.9. The van der Waals surface area contributed by atoms with Crippen LogP contribution in [0.2, 0.25) is 0 Å². The predicted octanol–water partition coefficient (Wildman–Crippen LogP) is 3.40. The van der Waals surface area contributed by atoms with Gasteiger partial charge in [0.05, 0.1) is 6.54 Å². The van der Waals surface area contributed by atoms with Crippen LogP contribution in [0.1, 0.15) is 35.6 Å². The van der Waals surface area contributed by atoms with Crippen molar-refractivity contribution in [2.75, 3.05) is 11.9 Å². The molecule has 0 atom stereocenters. The first-order chi connectivity index (χ1) is 10.0. The van der Waals surface area contributed by atoms with E-state index in [1.165, 1.54) is 29.8 Å². The summed E-state index contributed by atoms with van der Waals surface area (Å²) in [4.78, 5) is 11.6. The molecular weight excluding hydrogens is 328 g/mol. The molecule has 0 aromatic carbocycles. The number of halogens is 1. The molecule has 0 radical (unpaired) electrons. The van der Waals surface area contributed by atoms with Crippen LogP contribution >= 0.6 is 15.9 Å². The number of nitrogens with zero attached hydrogens (tertiary/aromatic N) is 4. The van der Waals surface area contributed by atoms with Gasteiger partial charge in [-0.2, -0.15) is 0 Å². The number of aryl methyl sites for hydroxylation is 3. The van der Waals surface area contributed by atoms with E-state index < -0.39 is 0 Å². The first-order valence-electron chi connectivity index (χ1n) is 7.43. The molecule has 0 unspecified atom stereocenters. The highest BCUT2D eigenvalue weighted by Crippen LogP contribution is 2.28. The zero-order valence-corrected chi connectivity index (χ0v) is 14.4. The molecule has 21 heavy (non-hydrogen) atoms. The molecule has 0 saturated heterocycles. The maximum absolute atomic E-state index is 4.71. The summed E-state index contributed by atoms with van der Waals surface area (Å²) in [5.41, 5.74) is 3.87. The lowest BCUT2D eigenvalue weighted by molar-refractivity contribution is 0.652. The highest BCUT2D eigenvalue weighted by Gasteiger charge is 2.19. The molecule has 4 nitrogen and oxygen atoms in total. The Morgan fingerprint density at radius 3 is 2.76 bits per heavy atom. The normalized spacial score (nSPS) is 14.1. The minimum Gasteiger partial charge on any atom is -0.354 e. The van der Waals surface area contributed by atoms with Gasteiger partial charge in [-0.3, -0.25) is 0 Å². The SMILES string of the molecule is Cc1nc2c(c(N(C)Cc3cc(Br)cn3C)n1)CCCC2. The van der Waals surface area contributed by atoms with Crippen molar-refractivity contribution in [3.05, 3.63) is 39.5 Å². The summed E-state index contributed by atoms with van der Waals surface area (Å²) in [5, 5.41) is 0. The Morgan fingerprint density at radius 2 is 2.05 bits per heavy atom. The fourth-order valence-electron chi connectivity index (χ4n) is 3.05. The first kappa shape index (κ1) is 14.6. The van der Waals surface area contributed by atoms with Crippen LogP contribution in [-0.4, -0.2) is 21.6 Å². The summed E-state index contributed by atoms with van der Waals surface area (Å²) >= 11 is 3.54. The molecule has 0 amide bonds. The summed E-state index contributed by atoms with van der Waals surface area (Å²) in [5.74, 6) is 1.99. The molecular formula is C16H21BrN4. The van der Waals surface area contributed by atoms with Gasteiger partial charge in [0, 0.05) is 41.7 Å². The first-order valence-corrected chi connectivity index (χ1v) is 8.22. The van der Waals surface area contributed by atoms with E-state index in [1.807, 2.05) is 6.92 Å². The number of rotatable bonds is 3. The minimum absolute atomic E-state index is 0.852. The fourth-order valence-corrected chi connectivity index (χ4v) is 3.62. The molecule has 2 aromatic heterocycles. The predicted molar refractivity (Wildman–Crippen MR) is 88.6 cm³/mol. The summed E-state index contributed by atoms with van der Waals surface area (Å²) in [7, 11) is 4.20. The second kappa shape index (κ2) is 5.79. The van der Waals surface area contributed by atoms with Gasteiger partial charge < -0.3 is 9.47 Å². The van der Waals surface area contributed by atoms with Gasteiger partial charge in [-0.15, -0.1) is 0 Å². The number of fused-ring (bicyclic) bond motifs is 1. The Bertz CT molecular complexity index is 663. The van der Waals surface area contributed by atoms with Gasteiger partial charge in [-0.25, -0.2) is 9.97 Å². The molecule has 3 rings (SSSR count). The molecule has 5 heteroatoms. The van der Waals surface area contributed by atoms with Crippen molar-refractivity contribution in [1.82, 2.24) is 14.5 Å². The lowest BCUT2D eigenvalue weighted by Crippen LogP contribution is -2.23. The van der Waals surface area contributed by atoms with Gasteiger partial charge in [-0.1, -0.05) is 0 Å². The van der Waals surface area contributed by atoms with Crippen molar-refractivity contribution in [2.45, 2.75) is 39.2 Å². The maximum atomic E-state index is 4.71. The van der Waals surface area contributed by atoms with Crippen LogP contribution in [0.15, 0.2) is 16.7 Å².